The first-order valence-corrected chi connectivity index (χ1v) is 7.27. The van der Waals surface area contributed by atoms with E-state index in [1.54, 1.807) is 10.1 Å². The quantitative estimate of drug-likeness (QED) is 0.714. The topological polar surface area (TPSA) is 42.0 Å². The SMILES string of the molecule is O=[P+](ON1CCCCC1)ON1CCCCC1. The van der Waals surface area contributed by atoms with Crippen molar-refractivity contribution < 1.29 is 13.8 Å². The number of hydrogen-bond acceptors (Lipinski definition) is 5. The van der Waals surface area contributed by atoms with Crippen molar-refractivity contribution in [1.29, 1.82) is 0 Å². The van der Waals surface area contributed by atoms with Crippen molar-refractivity contribution in [3.8, 4) is 0 Å². The normalized spacial score (nSPS) is 24.5. The molecule has 0 N–H and O–H groups in total. The molecule has 2 rings (SSSR count). The molecule has 0 spiro atoms. The third kappa shape index (κ3) is 4.07. The van der Waals surface area contributed by atoms with Gasteiger partial charge in [0.15, 0.2) is 0 Å². The highest BCUT2D eigenvalue weighted by Crippen LogP contribution is 2.30. The lowest BCUT2D eigenvalue weighted by Crippen LogP contribution is -2.30. The Morgan fingerprint density at radius 3 is 1.44 bits per heavy atom. The van der Waals surface area contributed by atoms with Crippen LogP contribution in [0.2, 0.25) is 0 Å². The maximum Gasteiger partial charge on any atom is 0.735 e. The molecule has 0 bridgehead atoms. The van der Waals surface area contributed by atoms with Gasteiger partial charge >= 0.3 is 8.25 Å². The molecular weight excluding hydrogens is 227 g/mol. The first kappa shape index (κ1) is 12.4. The second-order valence-corrected chi connectivity index (χ2v) is 5.14. The van der Waals surface area contributed by atoms with Gasteiger partial charge in [-0.25, -0.2) is 0 Å². The molecule has 0 aromatic carbocycles. The number of rotatable bonds is 4. The van der Waals surface area contributed by atoms with Gasteiger partial charge in [-0.1, -0.05) is 12.8 Å². The van der Waals surface area contributed by atoms with E-state index in [1.165, 1.54) is 12.8 Å². The summed E-state index contributed by atoms with van der Waals surface area (Å²) in [7, 11) is -2.02. The van der Waals surface area contributed by atoms with Crippen LogP contribution in [0.25, 0.3) is 0 Å². The third-order valence-electron chi connectivity index (χ3n) is 2.99. The Balaban J connectivity index is 1.66. The Hall–Kier alpha value is -0.0600. The van der Waals surface area contributed by atoms with E-state index < -0.39 is 8.25 Å². The fourth-order valence-electron chi connectivity index (χ4n) is 2.10. The maximum atomic E-state index is 11.6. The Labute approximate surface area is 97.5 Å². The third-order valence-corrected chi connectivity index (χ3v) is 3.72. The van der Waals surface area contributed by atoms with Crippen molar-refractivity contribution in [2.45, 2.75) is 38.5 Å². The number of piperidine rings is 2. The highest BCUT2D eigenvalue weighted by molar-refractivity contribution is 7.33. The van der Waals surface area contributed by atoms with Gasteiger partial charge in [-0.2, -0.15) is 0 Å². The Kier molecular flexibility index (Phi) is 5.13. The Morgan fingerprint density at radius 1 is 0.688 bits per heavy atom. The van der Waals surface area contributed by atoms with Gasteiger partial charge in [-0.05, 0) is 34.9 Å². The van der Waals surface area contributed by atoms with Crippen LogP contribution < -0.4 is 0 Å². The van der Waals surface area contributed by atoms with E-state index in [2.05, 4.69) is 0 Å². The van der Waals surface area contributed by atoms with E-state index in [4.69, 9.17) is 9.25 Å². The molecule has 2 saturated heterocycles. The van der Waals surface area contributed by atoms with E-state index in [-0.39, 0.29) is 0 Å². The molecule has 0 saturated carbocycles. The average molecular weight is 247 g/mol. The van der Waals surface area contributed by atoms with Gasteiger partial charge in [-0.15, -0.1) is 10.1 Å². The first-order valence-electron chi connectivity index (χ1n) is 6.18. The second-order valence-electron chi connectivity index (χ2n) is 4.37. The largest absolute Gasteiger partial charge is 0.735 e. The summed E-state index contributed by atoms with van der Waals surface area (Å²) in [5.41, 5.74) is 0. The van der Waals surface area contributed by atoms with E-state index in [0.717, 1.165) is 51.9 Å². The molecular formula is C10H20N2O3P+. The fourth-order valence-corrected chi connectivity index (χ4v) is 2.83. The molecule has 0 radical (unpaired) electrons. The molecule has 0 amide bonds. The van der Waals surface area contributed by atoms with Crippen molar-refractivity contribution in [3.63, 3.8) is 0 Å². The van der Waals surface area contributed by atoms with Crippen LogP contribution >= 0.6 is 8.25 Å². The molecule has 2 fully saturated rings. The number of hydroxylamine groups is 4. The minimum Gasteiger partial charge on any atom is -0.136 e. The predicted octanol–water partition coefficient (Wildman–Crippen LogP) is 2.48. The molecule has 2 aliphatic rings. The highest BCUT2D eigenvalue weighted by atomic mass is 31.1. The van der Waals surface area contributed by atoms with Crippen LogP contribution in [-0.2, 0) is 13.8 Å². The van der Waals surface area contributed by atoms with Crippen molar-refractivity contribution in [2.75, 3.05) is 26.2 Å². The average Bonchev–Trinajstić information content (AvgIpc) is 2.31. The second kappa shape index (κ2) is 6.62. The fraction of sp³-hybridized carbons (Fsp3) is 1.00. The molecule has 6 heteroatoms. The molecule has 0 aromatic heterocycles. The van der Waals surface area contributed by atoms with Gasteiger partial charge in [0.25, 0.3) is 0 Å². The van der Waals surface area contributed by atoms with Crippen LogP contribution in [0.4, 0.5) is 0 Å². The van der Waals surface area contributed by atoms with Crippen LogP contribution in [0.3, 0.4) is 0 Å². The van der Waals surface area contributed by atoms with Gasteiger partial charge in [0.2, 0.25) is 0 Å². The predicted molar refractivity (Wildman–Crippen MR) is 60.6 cm³/mol. The van der Waals surface area contributed by atoms with E-state index in [9.17, 15) is 4.57 Å². The first-order chi connectivity index (χ1) is 7.84. The van der Waals surface area contributed by atoms with Gasteiger partial charge in [0.05, 0.1) is 0 Å². The van der Waals surface area contributed by atoms with E-state index >= 15 is 0 Å². The summed E-state index contributed by atoms with van der Waals surface area (Å²) in [4.78, 5) is 0. The van der Waals surface area contributed by atoms with Crippen LogP contribution in [0.1, 0.15) is 38.5 Å². The lowest BCUT2D eigenvalue weighted by molar-refractivity contribution is -0.125. The zero-order valence-electron chi connectivity index (χ0n) is 9.64. The standard InChI is InChI=1S/C10H20N2O3P/c13-16(14-11-7-3-1-4-8-11)15-12-9-5-2-6-10-12/h1-10H2/q+1. The summed E-state index contributed by atoms with van der Waals surface area (Å²) in [5.74, 6) is 0. The van der Waals surface area contributed by atoms with Crippen LogP contribution in [0.5, 0.6) is 0 Å². The monoisotopic (exact) mass is 247 g/mol. The smallest absolute Gasteiger partial charge is 0.136 e. The van der Waals surface area contributed by atoms with Gasteiger partial charge in [0.1, 0.15) is 0 Å². The summed E-state index contributed by atoms with van der Waals surface area (Å²) in [6.07, 6.45) is 6.95. The molecule has 0 atom stereocenters. The summed E-state index contributed by atoms with van der Waals surface area (Å²) in [6, 6.07) is 0. The lowest BCUT2D eigenvalue weighted by Gasteiger charge is -2.21. The van der Waals surface area contributed by atoms with Gasteiger partial charge in [-0.3, -0.25) is 0 Å². The molecule has 0 unspecified atom stereocenters. The van der Waals surface area contributed by atoms with Crippen molar-refractivity contribution in [3.05, 3.63) is 0 Å². The molecule has 92 valence electrons. The minimum atomic E-state index is -2.02. The van der Waals surface area contributed by atoms with Gasteiger partial charge < -0.3 is 0 Å². The highest BCUT2D eigenvalue weighted by Gasteiger charge is 2.31. The van der Waals surface area contributed by atoms with Crippen molar-refractivity contribution >= 4 is 8.25 Å². The zero-order chi connectivity index (χ0) is 11.2. The number of hydrogen-bond donors (Lipinski definition) is 0. The van der Waals surface area contributed by atoms with Crippen molar-refractivity contribution in [1.82, 2.24) is 10.1 Å². The minimum absolute atomic E-state index is 0.866. The van der Waals surface area contributed by atoms with E-state index in [1.807, 2.05) is 0 Å². The molecule has 0 aliphatic carbocycles. The summed E-state index contributed by atoms with van der Waals surface area (Å²) in [5, 5.41) is 3.54. The van der Waals surface area contributed by atoms with Crippen LogP contribution in [0.15, 0.2) is 0 Å². The number of nitrogens with zero attached hydrogens (tertiary/aromatic N) is 2. The summed E-state index contributed by atoms with van der Waals surface area (Å²) >= 11 is 0. The molecule has 0 aromatic rings. The van der Waals surface area contributed by atoms with Gasteiger partial charge in [0, 0.05) is 30.7 Å². The van der Waals surface area contributed by atoms with Crippen LogP contribution in [-0.4, -0.2) is 36.3 Å². The lowest BCUT2D eigenvalue weighted by atomic mass is 10.2. The summed E-state index contributed by atoms with van der Waals surface area (Å²) < 4.78 is 22.1. The summed E-state index contributed by atoms with van der Waals surface area (Å²) in [6.45, 7) is 3.46. The van der Waals surface area contributed by atoms with Crippen molar-refractivity contribution in [2.24, 2.45) is 0 Å². The Morgan fingerprint density at radius 2 is 1.06 bits per heavy atom. The maximum absolute atomic E-state index is 11.6. The Bertz CT molecular complexity index is 206. The van der Waals surface area contributed by atoms with E-state index in [0.29, 0.717) is 0 Å². The molecule has 2 aliphatic heterocycles. The molecule has 2 heterocycles. The van der Waals surface area contributed by atoms with Crippen LogP contribution in [0, 0.1) is 0 Å². The zero-order valence-corrected chi connectivity index (χ0v) is 10.5. The molecule has 16 heavy (non-hydrogen) atoms. The molecule has 5 nitrogen and oxygen atoms in total.